The third kappa shape index (κ3) is 1.28. The Bertz CT molecular complexity index is 242. The van der Waals surface area contributed by atoms with Gasteiger partial charge in [-0.2, -0.15) is 5.10 Å². The van der Waals surface area contributed by atoms with E-state index in [0.717, 1.165) is 0 Å². The minimum absolute atomic E-state index is 0.134. The normalized spacial score (nSPS) is 9.30. The van der Waals surface area contributed by atoms with Crippen molar-refractivity contribution in [2.45, 2.75) is 6.92 Å². The molecule has 0 aliphatic heterocycles. The SMILES string of the molecule is Cc1ccc(C(=O)[O-])nn1. The molecule has 0 aromatic carbocycles. The molecule has 0 bridgehead atoms. The summed E-state index contributed by atoms with van der Waals surface area (Å²) in [5.41, 5.74) is 0.551. The fraction of sp³-hybridized carbons (Fsp3) is 0.167. The first kappa shape index (κ1) is 6.67. The Morgan fingerprint density at radius 2 is 2.20 bits per heavy atom. The van der Waals surface area contributed by atoms with E-state index in [0.29, 0.717) is 5.69 Å². The molecule has 0 spiro atoms. The second kappa shape index (κ2) is 2.43. The van der Waals surface area contributed by atoms with Gasteiger partial charge in [0.2, 0.25) is 0 Å². The minimum atomic E-state index is -1.30. The molecule has 1 rings (SSSR count). The van der Waals surface area contributed by atoms with E-state index in [1.807, 2.05) is 0 Å². The van der Waals surface area contributed by atoms with Crippen molar-refractivity contribution in [1.29, 1.82) is 0 Å². The zero-order valence-corrected chi connectivity index (χ0v) is 5.37. The molecule has 1 aromatic rings. The maximum absolute atomic E-state index is 10.1. The van der Waals surface area contributed by atoms with Gasteiger partial charge < -0.3 is 9.90 Å². The van der Waals surface area contributed by atoms with Crippen molar-refractivity contribution in [3.8, 4) is 0 Å². The molecular formula is C6H5N2O2-. The Labute approximate surface area is 57.5 Å². The molecule has 0 aliphatic rings. The lowest BCUT2D eigenvalue weighted by Gasteiger charge is -1.97. The van der Waals surface area contributed by atoms with Gasteiger partial charge in [0.1, 0.15) is 5.69 Å². The lowest BCUT2D eigenvalue weighted by molar-refractivity contribution is -0.255. The van der Waals surface area contributed by atoms with Crippen LogP contribution in [0.3, 0.4) is 0 Å². The maximum atomic E-state index is 10.1. The van der Waals surface area contributed by atoms with Crippen molar-refractivity contribution in [1.82, 2.24) is 10.2 Å². The number of carboxylic acid groups (broad SMARTS) is 1. The fourth-order valence-electron chi connectivity index (χ4n) is 0.508. The van der Waals surface area contributed by atoms with E-state index in [4.69, 9.17) is 0 Å². The van der Waals surface area contributed by atoms with Crippen LogP contribution in [0.4, 0.5) is 0 Å². The van der Waals surface area contributed by atoms with E-state index in [1.54, 1.807) is 13.0 Å². The molecule has 0 amide bonds. The zero-order valence-electron chi connectivity index (χ0n) is 5.37. The van der Waals surface area contributed by atoms with E-state index in [1.165, 1.54) is 6.07 Å². The van der Waals surface area contributed by atoms with E-state index in [9.17, 15) is 9.90 Å². The standard InChI is InChI=1S/C6H6N2O2/c1-4-2-3-5(6(9)10)8-7-4/h2-3H,1H3,(H,9,10)/p-1. The first-order valence-electron chi connectivity index (χ1n) is 2.72. The predicted octanol–water partition coefficient (Wildman–Crippen LogP) is -0.851. The molecule has 4 heteroatoms. The summed E-state index contributed by atoms with van der Waals surface area (Å²) in [4.78, 5) is 10.1. The van der Waals surface area contributed by atoms with Crippen LogP contribution in [0, 0.1) is 6.92 Å². The Morgan fingerprint density at radius 3 is 2.60 bits per heavy atom. The first-order valence-corrected chi connectivity index (χ1v) is 2.72. The van der Waals surface area contributed by atoms with E-state index in [-0.39, 0.29) is 5.69 Å². The Balaban J connectivity index is 3.00. The molecular weight excluding hydrogens is 132 g/mol. The molecule has 0 saturated carbocycles. The van der Waals surface area contributed by atoms with Crippen molar-refractivity contribution in [2.24, 2.45) is 0 Å². The smallest absolute Gasteiger partial charge is 0.108 e. The largest absolute Gasteiger partial charge is 0.543 e. The molecule has 1 aromatic heterocycles. The molecule has 1 heterocycles. The van der Waals surface area contributed by atoms with Crippen LogP contribution in [-0.4, -0.2) is 16.2 Å². The van der Waals surface area contributed by atoms with E-state index in [2.05, 4.69) is 10.2 Å². The molecule has 0 fully saturated rings. The van der Waals surface area contributed by atoms with Crippen molar-refractivity contribution in [3.05, 3.63) is 23.5 Å². The summed E-state index contributed by atoms with van der Waals surface area (Å²) in [5, 5.41) is 17.0. The van der Waals surface area contributed by atoms with Gasteiger partial charge in [0, 0.05) is 0 Å². The van der Waals surface area contributed by atoms with Crippen LogP contribution < -0.4 is 5.11 Å². The number of carboxylic acids is 1. The summed E-state index contributed by atoms with van der Waals surface area (Å²) in [6.45, 7) is 1.73. The summed E-state index contributed by atoms with van der Waals surface area (Å²) in [7, 11) is 0. The minimum Gasteiger partial charge on any atom is -0.543 e. The molecule has 10 heavy (non-hydrogen) atoms. The summed E-state index contributed by atoms with van der Waals surface area (Å²) in [6.07, 6.45) is 0. The zero-order chi connectivity index (χ0) is 7.56. The second-order valence-corrected chi connectivity index (χ2v) is 1.85. The number of hydrogen-bond donors (Lipinski definition) is 0. The summed E-state index contributed by atoms with van der Waals surface area (Å²) < 4.78 is 0. The van der Waals surface area contributed by atoms with Crippen molar-refractivity contribution in [2.75, 3.05) is 0 Å². The quantitative estimate of drug-likeness (QED) is 0.505. The van der Waals surface area contributed by atoms with Crippen molar-refractivity contribution >= 4 is 5.97 Å². The topological polar surface area (TPSA) is 65.9 Å². The highest BCUT2D eigenvalue weighted by molar-refractivity contribution is 5.82. The summed E-state index contributed by atoms with van der Waals surface area (Å²) in [5.74, 6) is -1.30. The lowest BCUT2D eigenvalue weighted by Crippen LogP contribution is -2.23. The number of nitrogens with zero attached hydrogens (tertiary/aromatic N) is 2. The van der Waals surface area contributed by atoms with Gasteiger partial charge in [-0.25, -0.2) is 0 Å². The Kier molecular flexibility index (Phi) is 1.62. The number of carbonyl (C=O) groups is 1. The molecule has 0 radical (unpaired) electrons. The molecule has 0 unspecified atom stereocenters. The molecule has 4 nitrogen and oxygen atoms in total. The van der Waals surface area contributed by atoms with Gasteiger partial charge in [0.25, 0.3) is 0 Å². The third-order valence-corrected chi connectivity index (χ3v) is 1.01. The van der Waals surface area contributed by atoms with Crippen molar-refractivity contribution < 1.29 is 9.90 Å². The number of aromatic carboxylic acids is 1. The van der Waals surface area contributed by atoms with Crippen LogP contribution >= 0.6 is 0 Å². The molecule has 0 saturated heterocycles. The number of aromatic nitrogens is 2. The molecule has 0 aliphatic carbocycles. The van der Waals surface area contributed by atoms with Gasteiger partial charge in [-0.15, -0.1) is 5.10 Å². The third-order valence-electron chi connectivity index (χ3n) is 1.01. The second-order valence-electron chi connectivity index (χ2n) is 1.85. The van der Waals surface area contributed by atoms with Crippen molar-refractivity contribution in [3.63, 3.8) is 0 Å². The maximum Gasteiger partial charge on any atom is 0.108 e. The molecule has 0 N–H and O–H groups in total. The van der Waals surface area contributed by atoms with Gasteiger partial charge >= 0.3 is 0 Å². The van der Waals surface area contributed by atoms with Gasteiger partial charge in [0.05, 0.1) is 11.7 Å². The van der Waals surface area contributed by atoms with Gasteiger partial charge in [0.15, 0.2) is 0 Å². The van der Waals surface area contributed by atoms with E-state index < -0.39 is 5.97 Å². The van der Waals surface area contributed by atoms with Gasteiger partial charge in [-0.05, 0) is 19.1 Å². The highest BCUT2D eigenvalue weighted by atomic mass is 16.4. The monoisotopic (exact) mass is 137 g/mol. The van der Waals surface area contributed by atoms with Crippen LogP contribution in [0.1, 0.15) is 16.2 Å². The van der Waals surface area contributed by atoms with E-state index >= 15 is 0 Å². The fourth-order valence-corrected chi connectivity index (χ4v) is 0.508. The Hall–Kier alpha value is -1.45. The predicted molar refractivity (Wildman–Crippen MR) is 31.1 cm³/mol. The van der Waals surface area contributed by atoms with Crippen LogP contribution in [-0.2, 0) is 0 Å². The summed E-state index contributed by atoms with van der Waals surface area (Å²) in [6, 6.07) is 2.93. The lowest BCUT2D eigenvalue weighted by atomic mass is 10.3. The number of carbonyl (C=O) groups excluding carboxylic acids is 1. The average molecular weight is 137 g/mol. The van der Waals surface area contributed by atoms with Crippen LogP contribution in [0.15, 0.2) is 12.1 Å². The number of rotatable bonds is 1. The number of aryl methyl sites for hydroxylation is 1. The number of hydrogen-bond acceptors (Lipinski definition) is 4. The Morgan fingerprint density at radius 1 is 1.50 bits per heavy atom. The van der Waals surface area contributed by atoms with Gasteiger partial charge in [-0.1, -0.05) is 0 Å². The van der Waals surface area contributed by atoms with Crippen LogP contribution in [0.5, 0.6) is 0 Å². The van der Waals surface area contributed by atoms with Crippen LogP contribution in [0.25, 0.3) is 0 Å². The average Bonchev–Trinajstić information content (AvgIpc) is 1.88. The van der Waals surface area contributed by atoms with Gasteiger partial charge in [-0.3, -0.25) is 0 Å². The summed E-state index contributed by atoms with van der Waals surface area (Å²) >= 11 is 0. The molecule has 52 valence electrons. The highest BCUT2D eigenvalue weighted by Gasteiger charge is 1.92. The molecule has 0 atom stereocenters. The first-order chi connectivity index (χ1) is 4.70. The highest BCUT2D eigenvalue weighted by Crippen LogP contribution is 1.91. The van der Waals surface area contributed by atoms with Crippen LogP contribution in [0.2, 0.25) is 0 Å².